The van der Waals surface area contributed by atoms with Gasteiger partial charge in [0.1, 0.15) is 5.84 Å². The first kappa shape index (κ1) is 17.7. The number of hydrogen-bond donors (Lipinski definition) is 5. The first-order valence-electron chi connectivity index (χ1n) is 8.77. The Bertz CT molecular complexity index is 791. The van der Waals surface area contributed by atoms with Crippen LogP contribution in [0.3, 0.4) is 0 Å². The Labute approximate surface area is 152 Å². The highest BCUT2D eigenvalue weighted by molar-refractivity contribution is 5.93. The predicted molar refractivity (Wildman–Crippen MR) is 104 cm³/mol. The molecular formula is C19H24N6O. The number of benzene rings is 1. The Morgan fingerprint density at radius 2 is 2.23 bits per heavy atom. The van der Waals surface area contributed by atoms with E-state index in [1.807, 2.05) is 35.2 Å². The fourth-order valence-corrected chi connectivity index (χ4v) is 3.20. The lowest BCUT2D eigenvalue weighted by molar-refractivity contribution is 0.224. The minimum Gasteiger partial charge on any atom is -0.357 e. The molecule has 5 N–H and O–H groups in total. The molecule has 0 saturated carbocycles. The molecule has 2 aromatic rings. The monoisotopic (exact) mass is 352 g/mol. The molecule has 7 nitrogen and oxygen atoms in total. The number of carbonyl (C=O) groups excluding carboxylic acids is 1. The van der Waals surface area contributed by atoms with Gasteiger partial charge in [0.05, 0.1) is 6.54 Å². The van der Waals surface area contributed by atoms with Crippen LogP contribution in [0.25, 0.3) is 10.9 Å². The minimum atomic E-state index is -0.197. The molecule has 1 aromatic carbocycles. The van der Waals surface area contributed by atoms with Gasteiger partial charge in [-0.2, -0.15) is 0 Å². The standard InChI is InChI=1S/C19H24N6O/c20-9-3-8-18(21)25-10-4-6-15(13-25)24-19(26)22-12-16-11-14-5-1-2-7-17(14)23-16/h1-3,5,7-9,11,15,20-21,23H,4,6,10,12-13H2,(H2,22,24,26)/b8-3-,20-9?,21-18?. The molecule has 26 heavy (non-hydrogen) atoms. The van der Waals surface area contributed by atoms with Crippen molar-refractivity contribution in [2.45, 2.75) is 25.4 Å². The number of H-pyrrole nitrogens is 1. The van der Waals surface area contributed by atoms with E-state index in [1.54, 1.807) is 6.08 Å². The summed E-state index contributed by atoms with van der Waals surface area (Å²) in [5.41, 5.74) is 2.02. The normalized spacial score (nSPS) is 17.4. The Morgan fingerprint density at radius 1 is 1.38 bits per heavy atom. The van der Waals surface area contributed by atoms with Crippen molar-refractivity contribution in [3.05, 3.63) is 48.2 Å². The molecule has 136 valence electrons. The maximum atomic E-state index is 12.2. The number of allylic oxidation sites excluding steroid dienone is 1. The Hall–Kier alpha value is -3.09. The number of carbonyl (C=O) groups is 1. The molecule has 0 bridgehead atoms. The average molecular weight is 352 g/mol. The van der Waals surface area contributed by atoms with Crippen molar-refractivity contribution in [2.24, 2.45) is 0 Å². The zero-order chi connectivity index (χ0) is 18.4. The van der Waals surface area contributed by atoms with Crippen LogP contribution in [0, 0.1) is 10.8 Å². The van der Waals surface area contributed by atoms with E-state index in [0.29, 0.717) is 18.9 Å². The van der Waals surface area contributed by atoms with Crippen molar-refractivity contribution >= 4 is 29.0 Å². The van der Waals surface area contributed by atoms with Gasteiger partial charge in [0.2, 0.25) is 0 Å². The quantitative estimate of drug-likeness (QED) is 0.421. The lowest BCUT2D eigenvalue weighted by atomic mass is 10.1. The van der Waals surface area contributed by atoms with Crippen LogP contribution in [0.15, 0.2) is 42.5 Å². The number of hydrogen-bond acceptors (Lipinski definition) is 3. The van der Waals surface area contributed by atoms with Crippen LogP contribution < -0.4 is 10.6 Å². The van der Waals surface area contributed by atoms with Crippen LogP contribution >= 0.6 is 0 Å². The third-order valence-corrected chi connectivity index (χ3v) is 4.47. The molecule has 0 spiro atoms. The van der Waals surface area contributed by atoms with E-state index in [1.165, 1.54) is 6.08 Å². The second-order valence-electron chi connectivity index (χ2n) is 6.41. The van der Waals surface area contributed by atoms with Gasteiger partial charge < -0.3 is 25.9 Å². The van der Waals surface area contributed by atoms with Gasteiger partial charge in [-0.1, -0.05) is 18.2 Å². The van der Waals surface area contributed by atoms with Crippen molar-refractivity contribution in [3.63, 3.8) is 0 Å². The summed E-state index contributed by atoms with van der Waals surface area (Å²) in [6.07, 6.45) is 6.12. The number of urea groups is 1. The summed E-state index contributed by atoms with van der Waals surface area (Å²) in [7, 11) is 0. The first-order chi connectivity index (χ1) is 12.7. The van der Waals surface area contributed by atoms with Crippen LogP contribution in [0.1, 0.15) is 18.5 Å². The Balaban J connectivity index is 1.48. The SMILES string of the molecule is N=C/C=C\C(=N)N1CCCC(NC(=O)NCc2cc3ccccc3[nH]2)C1. The number of nitrogens with zero attached hydrogens (tertiary/aromatic N) is 1. The summed E-state index contributed by atoms with van der Waals surface area (Å²) in [5.74, 6) is 0.374. The van der Waals surface area contributed by atoms with Gasteiger partial charge in [-0.15, -0.1) is 0 Å². The largest absolute Gasteiger partial charge is 0.357 e. The molecule has 3 rings (SSSR count). The molecule has 1 aliphatic rings. The van der Waals surface area contributed by atoms with Gasteiger partial charge in [0.15, 0.2) is 0 Å². The zero-order valence-corrected chi connectivity index (χ0v) is 14.6. The molecular weight excluding hydrogens is 328 g/mol. The van der Waals surface area contributed by atoms with Gasteiger partial charge in [0.25, 0.3) is 0 Å². The second-order valence-corrected chi connectivity index (χ2v) is 6.41. The number of likely N-dealkylation sites (tertiary alicyclic amines) is 1. The number of amidine groups is 1. The summed E-state index contributed by atoms with van der Waals surface area (Å²) in [6, 6.07) is 9.87. The van der Waals surface area contributed by atoms with Gasteiger partial charge in [-0.05, 0) is 42.5 Å². The van der Waals surface area contributed by atoms with E-state index in [4.69, 9.17) is 10.8 Å². The number of para-hydroxylation sites is 1. The molecule has 2 heterocycles. The lowest BCUT2D eigenvalue weighted by Gasteiger charge is -2.34. The average Bonchev–Trinajstić information content (AvgIpc) is 3.07. The summed E-state index contributed by atoms with van der Waals surface area (Å²) < 4.78 is 0. The van der Waals surface area contributed by atoms with Gasteiger partial charge in [0, 0.05) is 36.6 Å². The Morgan fingerprint density at radius 3 is 3.04 bits per heavy atom. The van der Waals surface area contributed by atoms with E-state index in [9.17, 15) is 4.79 Å². The number of nitrogens with one attached hydrogen (secondary N) is 5. The van der Waals surface area contributed by atoms with Crippen molar-refractivity contribution in [1.29, 1.82) is 10.8 Å². The fraction of sp³-hybridized carbons (Fsp3) is 0.316. The summed E-state index contributed by atoms with van der Waals surface area (Å²) in [4.78, 5) is 17.4. The summed E-state index contributed by atoms with van der Waals surface area (Å²) in [6.45, 7) is 1.85. The van der Waals surface area contributed by atoms with Crippen molar-refractivity contribution in [1.82, 2.24) is 20.5 Å². The molecule has 1 fully saturated rings. The predicted octanol–water partition coefficient (Wildman–Crippen LogP) is 2.61. The van der Waals surface area contributed by atoms with E-state index in [0.717, 1.165) is 42.2 Å². The van der Waals surface area contributed by atoms with E-state index >= 15 is 0 Å². The van der Waals surface area contributed by atoms with Gasteiger partial charge in [-0.25, -0.2) is 4.79 Å². The molecule has 1 aliphatic heterocycles. The molecule has 1 saturated heterocycles. The number of aromatic amines is 1. The minimum absolute atomic E-state index is 0.0141. The second kappa shape index (κ2) is 8.33. The topological polar surface area (TPSA) is 108 Å². The van der Waals surface area contributed by atoms with E-state index in [-0.39, 0.29) is 12.1 Å². The van der Waals surface area contributed by atoms with Gasteiger partial charge in [-0.3, -0.25) is 5.41 Å². The smallest absolute Gasteiger partial charge is 0.315 e. The molecule has 1 atom stereocenters. The van der Waals surface area contributed by atoms with Crippen molar-refractivity contribution < 1.29 is 4.79 Å². The van der Waals surface area contributed by atoms with Crippen LogP contribution in [-0.4, -0.2) is 47.1 Å². The van der Waals surface area contributed by atoms with E-state index in [2.05, 4.69) is 15.6 Å². The highest BCUT2D eigenvalue weighted by Gasteiger charge is 2.22. The number of piperidine rings is 1. The lowest BCUT2D eigenvalue weighted by Crippen LogP contribution is -2.51. The van der Waals surface area contributed by atoms with Crippen molar-refractivity contribution in [2.75, 3.05) is 13.1 Å². The molecule has 7 heteroatoms. The number of amides is 2. The van der Waals surface area contributed by atoms with Crippen LogP contribution in [0.4, 0.5) is 4.79 Å². The van der Waals surface area contributed by atoms with Gasteiger partial charge >= 0.3 is 6.03 Å². The number of aromatic nitrogens is 1. The third kappa shape index (κ3) is 4.50. The zero-order valence-electron chi connectivity index (χ0n) is 14.6. The maximum absolute atomic E-state index is 12.2. The maximum Gasteiger partial charge on any atom is 0.315 e. The molecule has 1 aromatic heterocycles. The fourth-order valence-electron chi connectivity index (χ4n) is 3.20. The molecule has 1 unspecified atom stereocenters. The van der Waals surface area contributed by atoms with Crippen LogP contribution in [0.5, 0.6) is 0 Å². The Kier molecular flexibility index (Phi) is 5.68. The molecule has 0 aliphatic carbocycles. The molecule has 0 radical (unpaired) electrons. The molecule has 2 amide bonds. The third-order valence-electron chi connectivity index (χ3n) is 4.47. The van der Waals surface area contributed by atoms with E-state index < -0.39 is 0 Å². The van der Waals surface area contributed by atoms with Crippen LogP contribution in [-0.2, 0) is 6.54 Å². The number of fused-ring (bicyclic) bond motifs is 1. The first-order valence-corrected chi connectivity index (χ1v) is 8.77. The number of rotatable bonds is 5. The summed E-state index contributed by atoms with van der Waals surface area (Å²) in [5, 5.41) is 22.0. The van der Waals surface area contributed by atoms with Crippen molar-refractivity contribution in [3.8, 4) is 0 Å². The highest BCUT2D eigenvalue weighted by Crippen LogP contribution is 2.14. The highest BCUT2D eigenvalue weighted by atomic mass is 16.2. The van der Waals surface area contributed by atoms with Crippen LogP contribution in [0.2, 0.25) is 0 Å². The summed E-state index contributed by atoms with van der Waals surface area (Å²) >= 11 is 0.